The summed E-state index contributed by atoms with van der Waals surface area (Å²) in [5, 5.41) is 11.7. The first-order chi connectivity index (χ1) is 9.91. The average Bonchev–Trinajstić information content (AvgIpc) is 2.46. The van der Waals surface area contributed by atoms with Gasteiger partial charge in [-0.25, -0.2) is 4.79 Å². The molecule has 3 N–H and O–H groups in total. The number of nitrogens with two attached hydrogens (primary N) is 1. The molecular formula is C16H24N4O. The molecule has 5 nitrogen and oxygen atoms in total. The van der Waals surface area contributed by atoms with Gasteiger partial charge in [0.25, 0.3) is 0 Å². The zero-order valence-corrected chi connectivity index (χ0v) is 13.0. The van der Waals surface area contributed by atoms with Gasteiger partial charge >= 0.3 is 6.03 Å². The number of amides is 2. The third-order valence-corrected chi connectivity index (χ3v) is 3.20. The summed E-state index contributed by atoms with van der Waals surface area (Å²) in [4.78, 5) is 14.2. The van der Waals surface area contributed by atoms with E-state index >= 15 is 0 Å². The number of hydrogen-bond donors (Lipinski definition) is 2. The predicted molar refractivity (Wildman–Crippen MR) is 84.9 cm³/mol. The summed E-state index contributed by atoms with van der Waals surface area (Å²) in [5.41, 5.74) is 6.78. The van der Waals surface area contributed by atoms with Crippen LogP contribution in [0.2, 0.25) is 0 Å². The van der Waals surface area contributed by atoms with Crippen LogP contribution in [0.3, 0.4) is 0 Å². The minimum Gasteiger partial charge on any atom is -0.330 e. The molecule has 0 aliphatic heterocycles. The molecule has 0 aromatic heterocycles. The number of carbonyl (C=O) groups excluding carboxylic acids is 1. The number of anilines is 1. The second-order valence-corrected chi connectivity index (χ2v) is 5.91. The second-order valence-electron chi connectivity index (χ2n) is 5.91. The Labute approximate surface area is 126 Å². The first-order valence-corrected chi connectivity index (χ1v) is 7.18. The van der Waals surface area contributed by atoms with Gasteiger partial charge in [-0.1, -0.05) is 26.8 Å². The number of hydrogen-bond acceptors (Lipinski definition) is 3. The maximum Gasteiger partial charge on any atom is 0.321 e. The summed E-state index contributed by atoms with van der Waals surface area (Å²) in [6.45, 7) is 7.91. The number of benzene rings is 1. The van der Waals surface area contributed by atoms with Crippen LogP contribution in [0.5, 0.6) is 0 Å². The number of rotatable bonds is 6. The lowest BCUT2D eigenvalue weighted by Gasteiger charge is -2.31. The van der Waals surface area contributed by atoms with E-state index in [-0.39, 0.29) is 11.4 Å². The molecule has 114 valence electrons. The van der Waals surface area contributed by atoms with Gasteiger partial charge in [0.2, 0.25) is 0 Å². The fraction of sp³-hybridized carbons (Fsp3) is 0.500. The Balaban J connectivity index is 2.79. The quantitative estimate of drug-likeness (QED) is 0.844. The minimum atomic E-state index is -0.159. The maximum absolute atomic E-state index is 12.4. The van der Waals surface area contributed by atoms with Crippen LogP contribution in [0, 0.1) is 16.7 Å². The van der Waals surface area contributed by atoms with Gasteiger partial charge in [0.05, 0.1) is 11.6 Å². The highest BCUT2D eigenvalue weighted by atomic mass is 16.2. The fourth-order valence-corrected chi connectivity index (χ4v) is 1.97. The molecule has 0 saturated heterocycles. The SMILES string of the molecule is CCCN(CC(C)(C)CN)C(=O)Nc1cccc(C#N)c1. The standard InChI is InChI=1S/C16H24N4O/c1-4-8-20(12-16(2,3)11-18)15(21)19-14-7-5-6-13(9-14)10-17/h5-7,9H,4,8,11-12,18H2,1-3H3,(H,19,21). The number of nitrogens with one attached hydrogen (secondary N) is 1. The van der Waals surface area contributed by atoms with Crippen molar-refractivity contribution in [3.8, 4) is 6.07 Å². The van der Waals surface area contributed by atoms with Crippen molar-refractivity contribution in [2.24, 2.45) is 11.1 Å². The van der Waals surface area contributed by atoms with Crippen LogP contribution in [-0.2, 0) is 0 Å². The van der Waals surface area contributed by atoms with Crippen molar-refractivity contribution >= 4 is 11.7 Å². The molecule has 2 amide bonds. The molecule has 0 radical (unpaired) electrons. The Morgan fingerprint density at radius 2 is 2.19 bits per heavy atom. The van der Waals surface area contributed by atoms with E-state index in [1.165, 1.54) is 0 Å². The summed E-state index contributed by atoms with van der Waals surface area (Å²) < 4.78 is 0. The summed E-state index contributed by atoms with van der Waals surface area (Å²) >= 11 is 0. The molecule has 0 saturated carbocycles. The summed E-state index contributed by atoms with van der Waals surface area (Å²) in [6.07, 6.45) is 0.881. The van der Waals surface area contributed by atoms with E-state index in [0.717, 1.165) is 6.42 Å². The van der Waals surface area contributed by atoms with Crippen molar-refractivity contribution in [3.05, 3.63) is 29.8 Å². The highest BCUT2D eigenvalue weighted by Gasteiger charge is 2.23. The lowest BCUT2D eigenvalue weighted by atomic mass is 9.93. The molecule has 1 aromatic rings. The predicted octanol–water partition coefficient (Wildman–Crippen LogP) is 2.79. The Hall–Kier alpha value is -2.06. The van der Waals surface area contributed by atoms with Gasteiger partial charge in [-0.05, 0) is 36.6 Å². The molecule has 0 unspecified atom stereocenters. The van der Waals surface area contributed by atoms with E-state index in [2.05, 4.69) is 11.4 Å². The molecule has 0 bridgehead atoms. The molecular weight excluding hydrogens is 264 g/mol. The molecule has 0 fully saturated rings. The van der Waals surface area contributed by atoms with Crippen molar-refractivity contribution in [1.29, 1.82) is 5.26 Å². The fourth-order valence-electron chi connectivity index (χ4n) is 1.97. The van der Waals surface area contributed by atoms with Crippen LogP contribution in [0.15, 0.2) is 24.3 Å². The number of carbonyl (C=O) groups is 1. The van der Waals surface area contributed by atoms with Gasteiger partial charge in [0.15, 0.2) is 0 Å². The van der Waals surface area contributed by atoms with Crippen LogP contribution in [0.4, 0.5) is 10.5 Å². The van der Waals surface area contributed by atoms with Gasteiger partial charge < -0.3 is 16.0 Å². The first kappa shape index (κ1) is 17.0. The van der Waals surface area contributed by atoms with E-state index in [1.807, 2.05) is 20.8 Å². The van der Waals surface area contributed by atoms with Crippen molar-refractivity contribution in [2.75, 3.05) is 25.0 Å². The Morgan fingerprint density at radius 1 is 1.48 bits per heavy atom. The minimum absolute atomic E-state index is 0.124. The number of nitrogens with zero attached hydrogens (tertiary/aromatic N) is 2. The molecule has 5 heteroatoms. The Bertz CT molecular complexity index is 519. The third kappa shape index (κ3) is 5.44. The highest BCUT2D eigenvalue weighted by molar-refractivity contribution is 5.89. The van der Waals surface area contributed by atoms with Gasteiger partial charge in [-0.15, -0.1) is 0 Å². The smallest absolute Gasteiger partial charge is 0.321 e. The normalized spacial score (nSPS) is 10.8. The van der Waals surface area contributed by atoms with Crippen LogP contribution in [0.25, 0.3) is 0 Å². The van der Waals surface area contributed by atoms with E-state index in [1.54, 1.807) is 29.2 Å². The van der Waals surface area contributed by atoms with Crippen molar-refractivity contribution in [1.82, 2.24) is 4.90 Å². The highest BCUT2D eigenvalue weighted by Crippen LogP contribution is 2.17. The van der Waals surface area contributed by atoms with Crippen LogP contribution >= 0.6 is 0 Å². The van der Waals surface area contributed by atoms with Gasteiger partial charge in [-0.2, -0.15) is 5.26 Å². The van der Waals surface area contributed by atoms with Crippen LogP contribution in [0.1, 0.15) is 32.8 Å². The largest absolute Gasteiger partial charge is 0.330 e. The van der Waals surface area contributed by atoms with Crippen molar-refractivity contribution < 1.29 is 4.79 Å². The maximum atomic E-state index is 12.4. The van der Waals surface area contributed by atoms with Crippen molar-refractivity contribution in [3.63, 3.8) is 0 Å². The summed E-state index contributed by atoms with van der Waals surface area (Å²) in [5.74, 6) is 0. The topological polar surface area (TPSA) is 82.2 Å². The van der Waals surface area contributed by atoms with Gasteiger partial charge in [0, 0.05) is 18.8 Å². The van der Waals surface area contributed by atoms with E-state index in [0.29, 0.717) is 30.9 Å². The van der Waals surface area contributed by atoms with E-state index in [4.69, 9.17) is 11.0 Å². The first-order valence-electron chi connectivity index (χ1n) is 7.18. The Kier molecular flexibility index (Phi) is 6.19. The Morgan fingerprint density at radius 3 is 2.76 bits per heavy atom. The molecule has 1 aromatic carbocycles. The molecule has 0 atom stereocenters. The van der Waals surface area contributed by atoms with Crippen molar-refractivity contribution in [2.45, 2.75) is 27.2 Å². The second kappa shape index (κ2) is 7.65. The average molecular weight is 288 g/mol. The van der Waals surface area contributed by atoms with Gasteiger partial charge in [0.1, 0.15) is 0 Å². The monoisotopic (exact) mass is 288 g/mol. The van der Waals surface area contributed by atoms with Crippen LogP contribution in [-0.4, -0.2) is 30.6 Å². The van der Waals surface area contributed by atoms with E-state index < -0.39 is 0 Å². The number of nitriles is 1. The molecule has 21 heavy (non-hydrogen) atoms. The molecule has 0 aliphatic rings. The zero-order valence-electron chi connectivity index (χ0n) is 13.0. The lowest BCUT2D eigenvalue weighted by Crippen LogP contribution is -2.44. The zero-order chi connectivity index (χ0) is 15.9. The van der Waals surface area contributed by atoms with Crippen LogP contribution < -0.4 is 11.1 Å². The third-order valence-electron chi connectivity index (χ3n) is 3.20. The molecule has 0 aliphatic carbocycles. The summed E-state index contributed by atoms with van der Waals surface area (Å²) in [7, 11) is 0. The molecule has 0 heterocycles. The summed E-state index contributed by atoms with van der Waals surface area (Å²) in [6, 6.07) is 8.80. The molecule has 1 rings (SSSR count). The lowest BCUT2D eigenvalue weighted by molar-refractivity contribution is 0.181. The molecule has 0 spiro atoms. The van der Waals surface area contributed by atoms with Gasteiger partial charge in [-0.3, -0.25) is 0 Å². The number of urea groups is 1. The van der Waals surface area contributed by atoms with E-state index in [9.17, 15) is 4.79 Å².